The molecule has 2 N–H and O–H groups in total. The first-order valence-electron chi connectivity index (χ1n) is 7.69. The second-order valence-electron chi connectivity index (χ2n) is 5.60. The molecule has 0 radical (unpaired) electrons. The topological polar surface area (TPSA) is 60.2 Å². The minimum Gasteiger partial charge on any atom is -0.493 e. The van der Waals surface area contributed by atoms with Gasteiger partial charge >= 0.3 is 0 Å². The number of nitrogens with two attached hydrogens (primary N) is 1. The number of benzene rings is 1. The molecular formula is C16H27N3O3. The number of nitrogen functional groups attached to an aromatic ring is 1. The SMILES string of the molecule is COc1cc(N)cc(OC)c1OCCCN1CCN(C)CC1. The molecular weight excluding hydrogens is 282 g/mol. The Labute approximate surface area is 132 Å². The fourth-order valence-electron chi connectivity index (χ4n) is 2.58. The molecule has 1 heterocycles. The lowest BCUT2D eigenvalue weighted by Gasteiger charge is -2.32. The van der Waals surface area contributed by atoms with Gasteiger partial charge in [-0.3, -0.25) is 0 Å². The van der Waals surface area contributed by atoms with Crippen molar-refractivity contribution in [2.75, 3.05) is 66.3 Å². The van der Waals surface area contributed by atoms with E-state index in [4.69, 9.17) is 19.9 Å². The van der Waals surface area contributed by atoms with E-state index in [1.165, 1.54) is 0 Å². The van der Waals surface area contributed by atoms with E-state index in [0.29, 0.717) is 29.5 Å². The molecule has 0 bridgehead atoms. The monoisotopic (exact) mass is 309 g/mol. The van der Waals surface area contributed by atoms with Crippen LogP contribution in [0.4, 0.5) is 5.69 Å². The number of hydrogen-bond acceptors (Lipinski definition) is 6. The maximum Gasteiger partial charge on any atom is 0.203 e. The van der Waals surface area contributed by atoms with Crippen molar-refractivity contribution >= 4 is 5.69 Å². The number of nitrogens with zero attached hydrogens (tertiary/aromatic N) is 2. The highest BCUT2D eigenvalue weighted by atomic mass is 16.5. The number of anilines is 1. The molecule has 0 saturated carbocycles. The Bertz CT molecular complexity index is 449. The zero-order chi connectivity index (χ0) is 15.9. The van der Waals surface area contributed by atoms with Crippen LogP contribution in [0, 0.1) is 0 Å². The number of piperazine rings is 1. The number of methoxy groups -OCH3 is 2. The normalized spacial score (nSPS) is 16.5. The standard InChI is InChI=1S/C16H27N3O3/c1-18-6-8-19(9-7-18)5-4-10-22-16-14(20-2)11-13(17)12-15(16)21-3/h11-12H,4-10,17H2,1-3H3. The van der Waals surface area contributed by atoms with Crippen molar-refractivity contribution in [2.24, 2.45) is 0 Å². The predicted octanol–water partition coefficient (Wildman–Crippen LogP) is 1.30. The van der Waals surface area contributed by atoms with E-state index in [0.717, 1.165) is 39.1 Å². The third kappa shape index (κ3) is 4.42. The fourth-order valence-corrected chi connectivity index (χ4v) is 2.58. The minimum atomic E-state index is 0.596. The summed E-state index contributed by atoms with van der Waals surface area (Å²) in [6, 6.07) is 3.50. The van der Waals surface area contributed by atoms with Gasteiger partial charge in [0.05, 0.1) is 20.8 Å². The van der Waals surface area contributed by atoms with Crippen molar-refractivity contribution in [1.29, 1.82) is 0 Å². The highest BCUT2D eigenvalue weighted by Crippen LogP contribution is 2.39. The van der Waals surface area contributed by atoms with Crippen LogP contribution in [0.5, 0.6) is 17.2 Å². The summed E-state index contributed by atoms with van der Waals surface area (Å²) in [6.07, 6.45) is 0.973. The van der Waals surface area contributed by atoms with Crippen LogP contribution < -0.4 is 19.9 Å². The van der Waals surface area contributed by atoms with Crippen LogP contribution in [-0.4, -0.2) is 70.4 Å². The molecule has 1 aromatic carbocycles. The number of ether oxygens (including phenoxy) is 3. The van der Waals surface area contributed by atoms with Crippen LogP contribution in [0.25, 0.3) is 0 Å². The molecule has 0 atom stereocenters. The first-order valence-corrected chi connectivity index (χ1v) is 7.69. The molecule has 1 saturated heterocycles. The van der Waals surface area contributed by atoms with Gasteiger partial charge in [0.2, 0.25) is 5.75 Å². The average Bonchev–Trinajstić information content (AvgIpc) is 2.53. The Kier molecular flexibility index (Phi) is 6.15. The van der Waals surface area contributed by atoms with Crippen LogP contribution in [0.2, 0.25) is 0 Å². The van der Waals surface area contributed by atoms with Crippen LogP contribution in [0.1, 0.15) is 6.42 Å². The Morgan fingerprint density at radius 3 is 2.18 bits per heavy atom. The van der Waals surface area contributed by atoms with Crippen molar-refractivity contribution in [1.82, 2.24) is 9.80 Å². The predicted molar refractivity (Wildman–Crippen MR) is 88.0 cm³/mol. The molecule has 0 aliphatic carbocycles. The van der Waals surface area contributed by atoms with Gasteiger partial charge in [0, 0.05) is 50.5 Å². The molecule has 0 spiro atoms. The van der Waals surface area contributed by atoms with Gasteiger partial charge in [0.25, 0.3) is 0 Å². The summed E-state index contributed by atoms with van der Waals surface area (Å²) in [5, 5.41) is 0. The number of likely N-dealkylation sites (N-methyl/N-ethyl adjacent to an activating group) is 1. The number of hydrogen-bond donors (Lipinski definition) is 1. The molecule has 2 rings (SSSR count). The van der Waals surface area contributed by atoms with Crippen LogP contribution in [-0.2, 0) is 0 Å². The van der Waals surface area contributed by atoms with Gasteiger partial charge in [-0.25, -0.2) is 0 Å². The highest BCUT2D eigenvalue weighted by molar-refractivity contribution is 5.60. The van der Waals surface area contributed by atoms with Gasteiger partial charge in [-0.1, -0.05) is 0 Å². The summed E-state index contributed by atoms with van der Waals surface area (Å²) in [5.41, 5.74) is 6.41. The van der Waals surface area contributed by atoms with Gasteiger partial charge in [-0.2, -0.15) is 0 Å². The molecule has 1 aromatic rings. The van der Waals surface area contributed by atoms with Crippen LogP contribution in [0.3, 0.4) is 0 Å². The second kappa shape index (κ2) is 8.10. The maximum absolute atomic E-state index is 5.87. The Morgan fingerprint density at radius 1 is 1.05 bits per heavy atom. The molecule has 6 heteroatoms. The second-order valence-corrected chi connectivity index (χ2v) is 5.60. The molecule has 0 amide bonds. The summed E-state index contributed by atoms with van der Waals surface area (Å²) >= 11 is 0. The fraction of sp³-hybridized carbons (Fsp3) is 0.625. The van der Waals surface area contributed by atoms with Crippen molar-refractivity contribution in [2.45, 2.75) is 6.42 Å². The van der Waals surface area contributed by atoms with Crippen molar-refractivity contribution in [3.05, 3.63) is 12.1 Å². The minimum absolute atomic E-state index is 0.596. The smallest absolute Gasteiger partial charge is 0.203 e. The van der Waals surface area contributed by atoms with E-state index in [9.17, 15) is 0 Å². The van der Waals surface area contributed by atoms with Crippen LogP contribution >= 0.6 is 0 Å². The molecule has 0 unspecified atom stereocenters. The van der Waals surface area contributed by atoms with Gasteiger partial charge < -0.3 is 29.7 Å². The lowest BCUT2D eigenvalue weighted by atomic mass is 10.2. The van der Waals surface area contributed by atoms with Crippen molar-refractivity contribution in [3.63, 3.8) is 0 Å². The highest BCUT2D eigenvalue weighted by Gasteiger charge is 2.15. The lowest BCUT2D eigenvalue weighted by Crippen LogP contribution is -2.44. The van der Waals surface area contributed by atoms with Crippen molar-refractivity contribution < 1.29 is 14.2 Å². The average molecular weight is 309 g/mol. The van der Waals surface area contributed by atoms with E-state index in [1.807, 2.05) is 0 Å². The molecule has 0 aromatic heterocycles. The Morgan fingerprint density at radius 2 is 1.64 bits per heavy atom. The number of rotatable bonds is 7. The third-order valence-electron chi connectivity index (χ3n) is 3.94. The van der Waals surface area contributed by atoms with Crippen LogP contribution in [0.15, 0.2) is 12.1 Å². The van der Waals surface area contributed by atoms with E-state index >= 15 is 0 Å². The quantitative estimate of drug-likeness (QED) is 0.605. The zero-order valence-electron chi connectivity index (χ0n) is 13.8. The lowest BCUT2D eigenvalue weighted by molar-refractivity contribution is 0.144. The van der Waals surface area contributed by atoms with Gasteiger partial charge in [-0.15, -0.1) is 0 Å². The van der Waals surface area contributed by atoms with E-state index in [-0.39, 0.29) is 0 Å². The third-order valence-corrected chi connectivity index (χ3v) is 3.94. The first kappa shape index (κ1) is 16.7. The van der Waals surface area contributed by atoms with E-state index in [1.54, 1.807) is 26.4 Å². The zero-order valence-corrected chi connectivity index (χ0v) is 13.8. The van der Waals surface area contributed by atoms with Gasteiger partial charge in [-0.05, 0) is 13.5 Å². The molecule has 1 aliphatic heterocycles. The molecule has 1 fully saturated rings. The summed E-state index contributed by atoms with van der Waals surface area (Å²) in [5.74, 6) is 1.84. The molecule has 1 aliphatic rings. The van der Waals surface area contributed by atoms with Crippen molar-refractivity contribution in [3.8, 4) is 17.2 Å². The molecule has 22 heavy (non-hydrogen) atoms. The maximum atomic E-state index is 5.87. The van der Waals surface area contributed by atoms with E-state index in [2.05, 4.69) is 16.8 Å². The summed E-state index contributed by atoms with van der Waals surface area (Å²) in [6.45, 7) is 6.22. The Balaban J connectivity index is 1.83. The molecule has 124 valence electrons. The van der Waals surface area contributed by atoms with Gasteiger partial charge in [0.15, 0.2) is 11.5 Å². The molecule has 6 nitrogen and oxygen atoms in total. The largest absolute Gasteiger partial charge is 0.493 e. The summed E-state index contributed by atoms with van der Waals surface area (Å²) < 4.78 is 16.5. The first-order chi connectivity index (χ1) is 10.6. The van der Waals surface area contributed by atoms with E-state index < -0.39 is 0 Å². The Hall–Kier alpha value is -1.66. The summed E-state index contributed by atoms with van der Waals surface area (Å²) in [4.78, 5) is 4.83. The summed E-state index contributed by atoms with van der Waals surface area (Å²) in [7, 11) is 5.37. The van der Waals surface area contributed by atoms with Gasteiger partial charge in [0.1, 0.15) is 0 Å².